The number of nitrogens with zero attached hydrogens (tertiary/aromatic N) is 2. The van der Waals surface area contributed by atoms with Crippen molar-refractivity contribution in [2.45, 2.75) is 39.2 Å². The van der Waals surface area contributed by atoms with E-state index in [0.717, 1.165) is 19.3 Å². The molecule has 1 N–H and O–H groups in total. The lowest BCUT2D eigenvalue weighted by Gasteiger charge is -2.36. The van der Waals surface area contributed by atoms with Gasteiger partial charge in [0.1, 0.15) is 0 Å². The maximum Gasteiger partial charge on any atom is 0.415 e. The molecule has 1 aliphatic rings. The minimum atomic E-state index is -0.416. The number of ether oxygens (including phenoxy) is 2. The fourth-order valence-corrected chi connectivity index (χ4v) is 4.11. The summed E-state index contributed by atoms with van der Waals surface area (Å²) in [5.41, 5.74) is 0.592. The van der Waals surface area contributed by atoms with Crippen molar-refractivity contribution in [2.24, 2.45) is 11.8 Å². The second-order valence-electron chi connectivity index (χ2n) is 8.42. The van der Waals surface area contributed by atoms with Crippen LogP contribution < -0.4 is 14.8 Å². The van der Waals surface area contributed by atoms with Gasteiger partial charge in [0.2, 0.25) is 0 Å². The number of hydrogen-bond donors (Lipinski definition) is 1. The Morgan fingerprint density at radius 3 is 2.50 bits per heavy atom. The Morgan fingerprint density at radius 1 is 1.19 bits per heavy atom. The number of nitrogens with one attached hydrogen (secondary N) is 1. The topological polar surface area (TPSA) is 80.8 Å². The predicted octanol–water partition coefficient (Wildman–Crippen LogP) is 4.80. The number of carbonyl (C=O) groups excluding carboxylic acids is 2. The zero-order valence-corrected chi connectivity index (χ0v) is 19.5. The van der Waals surface area contributed by atoms with Gasteiger partial charge < -0.3 is 19.7 Å². The van der Waals surface area contributed by atoms with Crippen molar-refractivity contribution in [3.05, 3.63) is 53.2 Å². The first-order valence-electron chi connectivity index (χ1n) is 10.9. The number of likely N-dealkylation sites (tertiary alicyclic amines) is 1. The number of benzene rings is 1. The molecular formula is C24H30ClN3O4. The van der Waals surface area contributed by atoms with Crippen molar-refractivity contribution in [1.82, 2.24) is 15.2 Å². The molecule has 172 valence electrons. The number of amides is 2. The molecule has 1 aromatic carbocycles. The summed E-state index contributed by atoms with van der Waals surface area (Å²) in [5.74, 6) is 1.20. The van der Waals surface area contributed by atoms with Crippen molar-refractivity contribution in [1.29, 1.82) is 0 Å². The van der Waals surface area contributed by atoms with Crippen LogP contribution in [0.25, 0.3) is 0 Å². The highest BCUT2D eigenvalue weighted by Gasteiger charge is 2.31. The molecule has 3 rings (SSSR count). The molecule has 7 nitrogen and oxygen atoms in total. The van der Waals surface area contributed by atoms with E-state index in [-0.39, 0.29) is 23.7 Å². The Labute approximate surface area is 194 Å². The van der Waals surface area contributed by atoms with Crippen LogP contribution in [0.15, 0.2) is 42.6 Å². The number of carbonyl (C=O) groups is 2. The third-order valence-corrected chi connectivity index (χ3v) is 5.89. The normalized spacial score (nSPS) is 15.3. The lowest BCUT2D eigenvalue weighted by atomic mass is 9.85. The van der Waals surface area contributed by atoms with Gasteiger partial charge in [-0.2, -0.15) is 0 Å². The van der Waals surface area contributed by atoms with Gasteiger partial charge in [0.05, 0.1) is 7.11 Å². The molecule has 1 saturated heterocycles. The highest BCUT2D eigenvalue weighted by Crippen LogP contribution is 2.27. The molecule has 0 radical (unpaired) electrons. The van der Waals surface area contributed by atoms with Crippen LogP contribution in [0, 0.1) is 11.8 Å². The van der Waals surface area contributed by atoms with Crippen LogP contribution in [0.3, 0.4) is 0 Å². The molecule has 2 amide bonds. The first kappa shape index (κ1) is 23.9. The number of piperidine rings is 1. The summed E-state index contributed by atoms with van der Waals surface area (Å²) in [5, 5.41) is 3.81. The van der Waals surface area contributed by atoms with Crippen LogP contribution in [-0.2, 0) is 0 Å². The lowest BCUT2D eigenvalue weighted by Crippen LogP contribution is -2.47. The molecule has 1 atom stereocenters. The van der Waals surface area contributed by atoms with E-state index in [2.05, 4.69) is 24.1 Å². The molecule has 2 heterocycles. The molecular weight excluding hydrogens is 430 g/mol. The number of hydrogen-bond acceptors (Lipinski definition) is 5. The molecule has 2 aromatic rings. The van der Waals surface area contributed by atoms with Gasteiger partial charge in [-0.25, -0.2) is 9.78 Å². The minimum Gasteiger partial charge on any atom is -0.478 e. The molecule has 32 heavy (non-hydrogen) atoms. The van der Waals surface area contributed by atoms with E-state index >= 15 is 0 Å². The second kappa shape index (κ2) is 11.2. The fourth-order valence-electron chi connectivity index (χ4n) is 3.98. The van der Waals surface area contributed by atoms with Crippen molar-refractivity contribution < 1.29 is 19.1 Å². The van der Waals surface area contributed by atoms with E-state index in [1.54, 1.807) is 47.5 Å². The Hall–Kier alpha value is -2.80. The largest absolute Gasteiger partial charge is 0.478 e. The first-order valence-corrected chi connectivity index (χ1v) is 11.3. The van der Waals surface area contributed by atoms with Gasteiger partial charge in [0.15, 0.2) is 5.75 Å². The first-order chi connectivity index (χ1) is 15.4. The summed E-state index contributed by atoms with van der Waals surface area (Å²) < 4.78 is 10.6. The van der Waals surface area contributed by atoms with Crippen molar-refractivity contribution in [3.8, 4) is 11.6 Å². The van der Waals surface area contributed by atoms with Gasteiger partial charge in [-0.05, 0) is 67.5 Å². The highest BCUT2D eigenvalue weighted by atomic mass is 35.5. The van der Waals surface area contributed by atoms with Crippen molar-refractivity contribution >= 4 is 23.6 Å². The Balaban J connectivity index is 1.59. The molecule has 8 heteroatoms. The molecule has 0 aliphatic carbocycles. The molecule has 0 bridgehead atoms. The molecule has 1 fully saturated rings. The van der Waals surface area contributed by atoms with Gasteiger partial charge in [-0.1, -0.05) is 25.4 Å². The van der Waals surface area contributed by atoms with E-state index in [0.29, 0.717) is 35.3 Å². The smallest absolute Gasteiger partial charge is 0.415 e. The van der Waals surface area contributed by atoms with Gasteiger partial charge in [0, 0.05) is 35.9 Å². The Kier molecular flexibility index (Phi) is 8.33. The summed E-state index contributed by atoms with van der Waals surface area (Å²) in [6.07, 6.45) is 3.62. The van der Waals surface area contributed by atoms with Gasteiger partial charge in [-0.15, -0.1) is 0 Å². The SMILES string of the molecule is COc1ncccc1OC(=O)N1CCC([C@@H](CC(C)C)NC(=O)c2ccc(Cl)cc2)CC1. The number of pyridine rings is 1. The maximum absolute atomic E-state index is 12.8. The van der Waals surface area contributed by atoms with E-state index in [1.807, 2.05) is 0 Å². The molecule has 1 aromatic heterocycles. The van der Waals surface area contributed by atoms with Crippen LogP contribution >= 0.6 is 11.6 Å². The molecule has 0 saturated carbocycles. The summed E-state index contributed by atoms with van der Waals surface area (Å²) in [7, 11) is 1.48. The Morgan fingerprint density at radius 2 is 1.88 bits per heavy atom. The maximum atomic E-state index is 12.8. The van der Waals surface area contributed by atoms with Crippen LogP contribution in [0.5, 0.6) is 11.6 Å². The van der Waals surface area contributed by atoms with Crippen molar-refractivity contribution in [3.63, 3.8) is 0 Å². The van der Waals surface area contributed by atoms with E-state index in [9.17, 15) is 9.59 Å². The van der Waals surface area contributed by atoms with Crippen LogP contribution in [-0.4, -0.2) is 48.1 Å². The van der Waals surface area contributed by atoms with Crippen LogP contribution in [0.2, 0.25) is 5.02 Å². The van der Waals surface area contributed by atoms with Crippen LogP contribution in [0.4, 0.5) is 4.79 Å². The quantitative estimate of drug-likeness (QED) is 0.643. The molecule has 0 spiro atoms. The third kappa shape index (κ3) is 6.36. The van der Waals surface area contributed by atoms with Gasteiger partial charge in [-0.3, -0.25) is 4.79 Å². The average Bonchev–Trinajstić information content (AvgIpc) is 2.79. The Bertz CT molecular complexity index is 912. The van der Waals surface area contributed by atoms with Gasteiger partial charge in [0.25, 0.3) is 11.8 Å². The molecule has 1 aliphatic heterocycles. The van der Waals surface area contributed by atoms with E-state index in [4.69, 9.17) is 21.1 Å². The monoisotopic (exact) mass is 459 g/mol. The zero-order valence-electron chi connectivity index (χ0n) is 18.7. The van der Waals surface area contributed by atoms with Crippen molar-refractivity contribution in [2.75, 3.05) is 20.2 Å². The number of rotatable bonds is 7. The number of aromatic nitrogens is 1. The second-order valence-corrected chi connectivity index (χ2v) is 8.86. The standard InChI is InChI=1S/C24H30ClN3O4/c1-16(2)15-20(27-22(29)18-6-8-19(25)9-7-18)17-10-13-28(14-11-17)24(30)32-21-5-4-12-26-23(21)31-3/h4-9,12,16-17,20H,10-11,13-15H2,1-3H3,(H,27,29)/t20-/m1/s1. The van der Waals surface area contributed by atoms with E-state index < -0.39 is 6.09 Å². The third-order valence-electron chi connectivity index (χ3n) is 5.64. The fraction of sp³-hybridized carbons (Fsp3) is 0.458. The summed E-state index contributed by atoms with van der Waals surface area (Å²) in [4.78, 5) is 31.1. The summed E-state index contributed by atoms with van der Waals surface area (Å²) in [6.45, 7) is 5.43. The average molecular weight is 460 g/mol. The van der Waals surface area contributed by atoms with E-state index in [1.165, 1.54) is 7.11 Å². The zero-order chi connectivity index (χ0) is 23.1. The van der Waals surface area contributed by atoms with Crippen LogP contribution in [0.1, 0.15) is 43.5 Å². The highest BCUT2D eigenvalue weighted by molar-refractivity contribution is 6.30. The number of halogens is 1. The summed E-state index contributed by atoms with van der Waals surface area (Å²) in [6, 6.07) is 10.3. The predicted molar refractivity (Wildman–Crippen MR) is 123 cm³/mol. The van der Waals surface area contributed by atoms with Gasteiger partial charge >= 0.3 is 6.09 Å². The molecule has 0 unspecified atom stereocenters. The lowest BCUT2D eigenvalue weighted by molar-refractivity contribution is 0.0870. The summed E-state index contributed by atoms with van der Waals surface area (Å²) >= 11 is 5.94. The minimum absolute atomic E-state index is 0.0368. The number of methoxy groups -OCH3 is 1.